The number of hydrogen-bond donors (Lipinski definition) is 2. The average molecular weight is 334 g/mol. The molecule has 5 heteroatoms. The fourth-order valence-electron chi connectivity index (χ4n) is 2.29. The van der Waals surface area contributed by atoms with Crippen molar-refractivity contribution in [2.75, 3.05) is 13.7 Å². The van der Waals surface area contributed by atoms with Crippen LogP contribution in [-0.2, 0) is 16.8 Å². The van der Waals surface area contributed by atoms with Crippen molar-refractivity contribution < 1.29 is 14.6 Å². The Kier molecular flexibility index (Phi) is 5.64. The van der Waals surface area contributed by atoms with Gasteiger partial charge in [-0.2, -0.15) is 0 Å². The van der Waals surface area contributed by atoms with Crippen molar-refractivity contribution in [3.05, 3.63) is 64.7 Å². The molecule has 0 bridgehead atoms. The van der Waals surface area contributed by atoms with Crippen molar-refractivity contribution >= 4 is 17.5 Å². The predicted molar refractivity (Wildman–Crippen MR) is 90.7 cm³/mol. The lowest BCUT2D eigenvalue weighted by molar-refractivity contribution is -0.121. The molecule has 0 radical (unpaired) electrons. The van der Waals surface area contributed by atoms with E-state index >= 15 is 0 Å². The highest BCUT2D eigenvalue weighted by Gasteiger charge is 2.23. The molecular formula is C18H20ClNO3. The lowest BCUT2D eigenvalue weighted by Crippen LogP contribution is -2.39. The van der Waals surface area contributed by atoms with Crippen LogP contribution in [0.4, 0.5) is 0 Å². The zero-order valence-electron chi connectivity index (χ0n) is 13.2. The molecule has 0 fully saturated rings. The Morgan fingerprint density at radius 1 is 1.26 bits per heavy atom. The van der Waals surface area contributed by atoms with E-state index in [9.17, 15) is 9.90 Å². The van der Waals surface area contributed by atoms with E-state index in [1.165, 1.54) is 0 Å². The van der Waals surface area contributed by atoms with Gasteiger partial charge >= 0.3 is 0 Å². The highest BCUT2D eigenvalue weighted by molar-refractivity contribution is 6.30. The molecule has 2 rings (SSSR count). The maximum absolute atomic E-state index is 12.1. The van der Waals surface area contributed by atoms with E-state index in [0.29, 0.717) is 16.3 Å². The van der Waals surface area contributed by atoms with Crippen LogP contribution in [0.25, 0.3) is 0 Å². The normalized spacial score (nSPS) is 13.2. The summed E-state index contributed by atoms with van der Waals surface area (Å²) in [6, 6.07) is 14.4. The number of hydrogen-bond acceptors (Lipinski definition) is 3. The van der Waals surface area contributed by atoms with E-state index in [0.717, 1.165) is 5.56 Å². The molecule has 1 atom stereocenters. The van der Waals surface area contributed by atoms with Gasteiger partial charge in [-0.3, -0.25) is 4.79 Å². The summed E-state index contributed by atoms with van der Waals surface area (Å²) in [6.07, 6.45) is 0.134. The largest absolute Gasteiger partial charge is 0.496 e. The van der Waals surface area contributed by atoms with E-state index in [2.05, 4.69) is 5.32 Å². The maximum Gasteiger partial charge on any atom is 0.224 e. The summed E-state index contributed by atoms with van der Waals surface area (Å²) in [5.41, 5.74) is 0.326. The standard InChI is InChI=1S/C18H20ClNO3/c1-18(22,14-6-4-3-5-7-14)12-20-17(21)11-13-10-15(19)8-9-16(13)23-2/h3-10,22H,11-12H2,1-2H3,(H,20,21). The minimum absolute atomic E-state index is 0.124. The number of carbonyl (C=O) groups excluding carboxylic acids is 1. The highest BCUT2D eigenvalue weighted by Crippen LogP contribution is 2.23. The Hall–Kier alpha value is -2.04. The fourth-order valence-corrected chi connectivity index (χ4v) is 2.49. The summed E-state index contributed by atoms with van der Waals surface area (Å²) in [7, 11) is 1.55. The summed E-state index contributed by atoms with van der Waals surface area (Å²) in [5, 5.41) is 13.8. The average Bonchev–Trinajstić information content (AvgIpc) is 2.54. The Bertz CT molecular complexity index is 671. The van der Waals surface area contributed by atoms with E-state index in [-0.39, 0.29) is 18.9 Å². The number of methoxy groups -OCH3 is 1. The van der Waals surface area contributed by atoms with Crippen LogP contribution < -0.4 is 10.1 Å². The number of carbonyl (C=O) groups is 1. The van der Waals surface area contributed by atoms with Crippen LogP contribution in [0.2, 0.25) is 5.02 Å². The van der Waals surface area contributed by atoms with Crippen LogP contribution in [0.3, 0.4) is 0 Å². The molecule has 2 aromatic carbocycles. The molecule has 4 nitrogen and oxygen atoms in total. The van der Waals surface area contributed by atoms with Gasteiger partial charge in [-0.15, -0.1) is 0 Å². The molecule has 0 aromatic heterocycles. The van der Waals surface area contributed by atoms with E-state index < -0.39 is 5.60 Å². The summed E-state index contributed by atoms with van der Waals surface area (Å²) < 4.78 is 5.23. The minimum Gasteiger partial charge on any atom is -0.496 e. The predicted octanol–water partition coefficient (Wildman–Crippen LogP) is 2.92. The molecular weight excluding hydrogens is 314 g/mol. The fraction of sp³-hybridized carbons (Fsp3) is 0.278. The van der Waals surface area contributed by atoms with Crippen LogP contribution >= 0.6 is 11.6 Å². The molecule has 2 aromatic rings. The van der Waals surface area contributed by atoms with Crippen molar-refractivity contribution in [2.45, 2.75) is 18.9 Å². The topological polar surface area (TPSA) is 58.6 Å². The number of amides is 1. The van der Waals surface area contributed by atoms with Crippen LogP contribution in [0.15, 0.2) is 48.5 Å². The zero-order chi connectivity index (χ0) is 16.9. The second-order valence-corrected chi connectivity index (χ2v) is 5.99. The van der Waals surface area contributed by atoms with Gasteiger partial charge in [0, 0.05) is 10.6 Å². The molecule has 0 spiro atoms. The van der Waals surface area contributed by atoms with Gasteiger partial charge in [-0.25, -0.2) is 0 Å². The summed E-state index contributed by atoms with van der Waals surface area (Å²) >= 11 is 5.96. The molecule has 0 heterocycles. The van der Waals surface area contributed by atoms with Crippen LogP contribution in [0, 0.1) is 0 Å². The molecule has 0 aliphatic heterocycles. The van der Waals surface area contributed by atoms with Gasteiger partial charge in [0.05, 0.1) is 20.1 Å². The van der Waals surface area contributed by atoms with Gasteiger partial charge in [0.2, 0.25) is 5.91 Å². The van der Waals surface area contributed by atoms with Gasteiger partial charge < -0.3 is 15.2 Å². The summed E-state index contributed by atoms with van der Waals surface area (Å²) in [6.45, 7) is 1.79. The molecule has 0 aliphatic rings. The first-order valence-corrected chi connectivity index (χ1v) is 7.67. The first-order valence-electron chi connectivity index (χ1n) is 7.29. The maximum atomic E-state index is 12.1. The van der Waals surface area contributed by atoms with Gasteiger partial charge in [0.1, 0.15) is 11.4 Å². The van der Waals surface area contributed by atoms with Crippen LogP contribution in [-0.4, -0.2) is 24.7 Å². The summed E-state index contributed by atoms with van der Waals surface area (Å²) in [5.74, 6) is 0.404. The first kappa shape index (κ1) is 17.3. The van der Waals surface area contributed by atoms with Gasteiger partial charge in [-0.05, 0) is 30.7 Å². The monoisotopic (exact) mass is 333 g/mol. The van der Waals surface area contributed by atoms with E-state index in [4.69, 9.17) is 16.3 Å². The molecule has 0 saturated heterocycles. The third-order valence-corrected chi connectivity index (χ3v) is 3.85. The highest BCUT2D eigenvalue weighted by atomic mass is 35.5. The Morgan fingerprint density at radius 2 is 1.96 bits per heavy atom. The van der Waals surface area contributed by atoms with Crippen LogP contribution in [0.5, 0.6) is 5.75 Å². The quantitative estimate of drug-likeness (QED) is 0.854. The lowest BCUT2D eigenvalue weighted by atomic mass is 9.96. The van der Waals surface area contributed by atoms with Crippen molar-refractivity contribution in [1.82, 2.24) is 5.32 Å². The third-order valence-electron chi connectivity index (χ3n) is 3.62. The second-order valence-electron chi connectivity index (χ2n) is 5.55. The van der Waals surface area contributed by atoms with Crippen molar-refractivity contribution in [2.24, 2.45) is 0 Å². The molecule has 1 amide bonds. The van der Waals surface area contributed by atoms with Crippen molar-refractivity contribution in [1.29, 1.82) is 0 Å². The molecule has 0 saturated carbocycles. The molecule has 23 heavy (non-hydrogen) atoms. The SMILES string of the molecule is COc1ccc(Cl)cc1CC(=O)NCC(C)(O)c1ccccc1. The van der Waals surface area contributed by atoms with Crippen molar-refractivity contribution in [3.8, 4) is 5.75 Å². The zero-order valence-corrected chi connectivity index (χ0v) is 13.9. The van der Waals surface area contributed by atoms with Gasteiger partial charge in [-0.1, -0.05) is 41.9 Å². The van der Waals surface area contributed by atoms with Gasteiger partial charge in [0.15, 0.2) is 0 Å². The molecule has 0 aliphatic carbocycles. The van der Waals surface area contributed by atoms with Crippen molar-refractivity contribution in [3.63, 3.8) is 0 Å². The number of halogens is 1. The Morgan fingerprint density at radius 3 is 2.61 bits per heavy atom. The lowest BCUT2D eigenvalue weighted by Gasteiger charge is -2.24. The number of nitrogens with one attached hydrogen (secondary N) is 1. The second kappa shape index (κ2) is 7.49. The van der Waals surface area contributed by atoms with Crippen LogP contribution in [0.1, 0.15) is 18.1 Å². The smallest absolute Gasteiger partial charge is 0.224 e. The number of benzene rings is 2. The molecule has 1 unspecified atom stereocenters. The van der Waals surface area contributed by atoms with Gasteiger partial charge in [0.25, 0.3) is 0 Å². The number of rotatable bonds is 6. The van der Waals surface area contributed by atoms with E-state index in [1.54, 1.807) is 32.2 Å². The first-order chi connectivity index (χ1) is 10.9. The molecule has 2 N–H and O–H groups in total. The Labute approximate surface area is 141 Å². The molecule has 122 valence electrons. The summed E-state index contributed by atoms with van der Waals surface area (Å²) in [4.78, 5) is 12.1. The van der Waals surface area contributed by atoms with E-state index in [1.807, 2.05) is 30.3 Å². The number of aliphatic hydroxyl groups is 1. The third kappa shape index (κ3) is 4.71. The minimum atomic E-state index is -1.13. The Balaban J connectivity index is 1.99. The number of ether oxygens (including phenoxy) is 1.